The maximum atomic E-state index is 5.01. The summed E-state index contributed by atoms with van der Waals surface area (Å²) < 4.78 is 5.01. The maximum absolute atomic E-state index is 5.01. The largest absolute Gasteiger partial charge is 0.361 e. The lowest BCUT2D eigenvalue weighted by atomic mass is 10.0. The van der Waals surface area contributed by atoms with E-state index in [0.717, 1.165) is 37.4 Å². The molecular weight excluding hydrogens is 164 g/mol. The second-order valence-electron chi connectivity index (χ2n) is 3.42. The fourth-order valence-corrected chi connectivity index (χ4v) is 1.56. The first-order valence-electron chi connectivity index (χ1n) is 4.65. The molecule has 2 heterocycles. The van der Waals surface area contributed by atoms with Crippen molar-refractivity contribution in [3.05, 3.63) is 29.2 Å². The summed E-state index contributed by atoms with van der Waals surface area (Å²) in [5, 5.41) is 7.26. The molecule has 0 bridgehead atoms. The van der Waals surface area contributed by atoms with E-state index in [-0.39, 0.29) is 0 Å². The number of hydrogen-bond acceptors (Lipinski definition) is 3. The molecule has 0 amide bonds. The van der Waals surface area contributed by atoms with Crippen LogP contribution in [0.2, 0.25) is 0 Å². The molecule has 0 spiro atoms. The Balaban J connectivity index is 2.01. The lowest BCUT2D eigenvalue weighted by Crippen LogP contribution is -2.21. The Morgan fingerprint density at radius 2 is 2.54 bits per heavy atom. The molecule has 0 aliphatic carbocycles. The van der Waals surface area contributed by atoms with Crippen molar-refractivity contribution in [1.29, 1.82) is 0 Å². The average molecular weight is 178 g/mol. The van der Waals surface area contributed by atoms with Crippen molar-refractivity contribution in [2.75, 3.05) is 13.1 Å². The summed E-state index contributed by atoms with van der Waals surface area (Å²) >= 11 is 0. The van der Waals surface area contributed by atoms with Crippen LogP contribution in [0.25, 0.3) is 0 Å². The van der Waals surface area contributed by atoms with E-state index in [1.54, 1.807) is 0 Å². The Bertz CT molecular complexity index is 314. The monoisotopic (exact) mass is 178 g/mol. The number of rotatable bonds is 2. The highest BCUT2D eigenvalue weighted by molar-refractivity contribution is 5.17. The molecule has 0 fully saturated rings. The van der Waals surface area contributed by atoms with Gasteiger partial charge in [-0.1, -0.05) is 16.8 Å². The molecule has 1 aromatic heterocycles. The van der Waals surface area contributed by atoms with Crippen LogP contribution in [0.3, 0.4) is 0 Å². The predicted octanol–water partition coefficient (Wildman–Crippen LogP) is 1.45. The SMILES string of the molecule is Cc1cc(CC2=CCNCC2)no1. The van der Waals surface area contributed by atoms with E-state index in [2.05, 4.69) is 16.5 Å². The summed E-state index contributed by atoms with van der Waals surface area (Å²) in [5.41, 5.74) is 2.51. The Morgan fingerprint density at radius 3 is 3.15 bits per heavy atom. The van der Waals surface area contributed by atoms with Crippen LogP contribution in [0.1, 0.15) is 17.9 Å². The van der Waals surface area contributed by atoms with Crippen LogP contribution in [0, 0.1) is 6.92 Å². The fourth-order valence-electron chi connectivity index (χ4n) is 1.56. The summed E-state index contributed by atoms with van der Waals surface area (Å²) in [6.45, 7) is 4.00. The smallest absolute Gasteiger partial charge is 0.133 e. The van der Waals surface area contributed by atoms with Gasteiger partial charge in [0, 0.05) is 19.0 Å². The summed E-state index contributed by atoms with van der Waals surface area (Å²) in [7, 11) is 0. The van der Waals surface area contributed by atoms with Crippen molar-refractivity contribution in [3.8, 4) is 0 Å². The standard InChI is InChI=1S/C10H14N2O/c1-8-6-10(12-13-8)7-9-2-4-11-5-3-9/h2,6,11H,3-5,7H2,1H3. The lowest BCUT2D eigenvalue weighted by Gasteiger charge is -2.12. The van der Waals surface area contributed by atoms with E-state index in [0.29, 0.717) is 0 Å². The van der Waals surface area contributed by atoms with Gasteiger partial charge in [0.1, 0.15) is 5.76 Å². The first kappa shape index (κ1) is 8.51. The second kappa shape index (κ2) is 3.75. The van der Waals surface area contributed by atoms with Crippen LogP contribution < -0.4 is 5.32 Å². The zero-order chi connectivity index (χ0) is 9.10. The fraction of sp³-hybridized carbons (Fsp3) is 0.500. The van der Waals surface area contributed by atoms with Gasteiger partial charge >= 0.3 is 0 Å². The normalized spacial score (nSPS) is 17.2. The zero-order valence-corrected chi connectivity index (χ0v) is 7.84. The third-order valence-electron chi connectivity index (χ3n) is 2.24. The van der Waals surface area contributed by atoms with Gasteiger partial charge < -0.3 is 9.84 Å². The van der Waals surface area contributed by atoms with Crippen molar-refractivity contribution >= 4 is 0 Å². The first-order chi connectivity index (χ1) is 6.34. The van der Waals surface area contributed by atoms with Crippen LogP contribution in [-0.2, 0) is 6.42 Å². The van der Waals surface area contributed by atoms with Crippen LogP contribution in [0.4, 0.5) is 0 Å². The number of aromatic nitrogens is 1. The van der Waals surface area contributed by atoms with Crippen LogP contribution in [0.5, 0.6) is 0 Å². The Labute approximate surface area is 77.8 Å². The quantitative estimate of drug-likeness (QED) is 0.696. The van der Waals surface area contributed by atoms with Crippen molar-refractivity contribution in [3.63, 3.8) is 0 Å². The highest BCUT2D eigenvalue weighted by Crippen LogP contribution is 2.12. The van der Waals surface area contributed by atoms with E-state index in [1.165, 1.54) is 5.57 Å². The molecule has 0 saturated carbocycles. The Morgan fingerprint density at radius 1 is 1.62 bits per heavy atom. The van der Waals surface area contributed by atoms with Gasteiger partial charge in [-0.05, 0) is 19.9 Å². The van der Waals surface area contributed by atoms with Crippen molar-refractivity contribution in [2.24, 2.45) is 0 Å². The van der Waals surface area contributed by atoms with Gasteiger partial charge in [-0.3, -0.25) is 0 Å². The lowest BCUT2D eigenvalue weighted by molar-refractivity contribution is 0.391. The molecule has 0 radical (unpaired) electrons. The molecule has 3 nitrogen and oxygen atoms in total. The summed E-state index contributed by atoms with van der Waals surface area (Å²) in [6, 6.07) is 2.00. The number of hydrogen-bond donors (Lipinski definition) is 1. The molecule has 0 saturated heterocycles. The average Bonchev–Trinajstić information content (AvgIpc) is 2.53. The van der Waals surface area contributed by atoms with Crippen molar-refractivity contribution < 1.29 is 4.52 Å². The van der Waals surface area contributed by atoms with Crippen LogP contribution in [-0.4, -0.2) is 18.2 Å². The molecule has 0 aromatic carbocycles. The minimum absolute atomic E-state index is 0.893. The minimum atomic E-state index is 0.893. The molecular formula is C10H14N2O. The molecule has 70 valence electrons. The van der Waals surface area contributed by atoms with Crippen LogP contribution >= 0.6 is 0 Å². The molecule has 1 aromatic rings. The van der Waals surface area contributed by atoms with E-state index in [4.69, 9.17) is 4.52 Å². The van der Waals surface area contributed by atoms with E-state index in [1.807, 2.05) is 13.0 Å². The summed E-state index contributed by atoms with van der Waals surface area (Å²) in [6.07, 6.45) is 4.32. The van der Waals surface area contributed by atoms with Gasteiger partial charge in [0.15, 0.2) is 0 Å². The second-order valence-corrected chi connectivity index (χ2v) is 3.42. The highest BCUT2D eigenvalue weighted by atomic mass is 16.5. The topological polar surface area (TPSA) is 38.1 Å². The summed E-state index contributed by atoms with van der Waals surface area (Å²) in [5.74, 6) is 0.893. The Kier molecular flexibility index (Phi) is 2.45. The van der Waals surface area contributed by atoms with Gasteiger partial charge in [0.25, 0.3) is 0 Å². The molecule has 0 unspecified atom stereocenters. The minimum Gasteiger partial charge on any atom is -0.361 e. The van der Waals surface area contributed by atoms with E-state index < -0.39 is 0 Å². The van der Waals surface area contributed by atoms with Crippen molar-refractivity contribution in [1.82, 2.24) is 10.5 Å². The van der Waals surface area contributed by atoms with Gasteiger partial charge in [0.05, 0.1) is 5.69 Å². The van der Waals surface area contributed by atoms with Gasteiger partial charge in [0.2, 0.25) is 0 Å². The third kappa shape index (κ3) is 2.18. The van der Waals surface area contributed by atoms with E-state index in [9.17, 15) is 0 Å². The predicted molar refractivity (Wildman–Crippen MR) is 50.5 cm³/mol. The highest BCUT2D eigenvalue weighted by Gasteiger charge is 2.06. The van der Waals surface area contributed by atoms with Gasteiger partial charge in [-0.25, -0.2) is 0 Å². The first-order valence-corrected chi connectivity index (χ1v) is 4.65. The Hall–Kier alpha value is -1.09. The van der Waals surface area contributed by atoms with Gasteiger partial charge in [-0.15, -0.1) is 0 Å². The van der Waals surface area contributed by atoms with E-state index >= 15 is 0 Å². The maximum Gasteiger partial charge on any atom is 0.133 e. The molecule has 1 aliphatic rings. The molecule has 3 heteroatoms. The molecule has 0 atom stereocenters. The van der Waals surface area contributed by atoms with Crippen LogP contribution in [0.15, 0.2) is 22.2 Å². The molecule has 13 heavy (non-hydrogen) atoms. The van der Waals surface area contributed by atoms with Crippen molar-refractivity contribution in [2.45, 2.75) is 19.8 Å². The zero-order valence-electron chi connectivity index (χ0n) is 7.84. The number of nitrogens with one attached hydrogen (secondary N) is 1. The number of aryl methyl sites for hydroxylation is 1. The molecule has 1 N–H and O–H groups in total. The summed E-state index contributed by atoms with van der Waals surface area (Å²) in [4.78, 5) is 0. The molecule has 1 aliphatic heterocycles. The molecule has 2 rings (SSSR count). The van der Waals surface area contributed by atoms with Gasteiger partial charge in [-0.2, -0.15) is 0 Å². The third-order valence-corrected chi connectivity index (χ3v) is 2.24. The number of nitrogens with zero attached hydrogens (tertiary/aromatic N) is 1.